The van der Waals surface area contributed by atoms with Crippen LogP contribution in [0.5, 0.6) is 0 Å². The topological polar surface area (TPSA) is 91.4 Å². The number of likely N-dealkylation sites (tertiary alicyclic amines) is 1. The van der Waals surface area contributed by atoms with Gasteiger partial charge in [0.1, 0.15) is 5.78 Å². The predicted octanol–water partition coefficient (Wildman–Crippen LogP) is 1.56. The van der Waals surface area contributed by atoms with Gasteiger partial charge in [-0.05, 0) is 12.3 Å². The molecule has 0 aliphatic carbocycles. The van der Waals surface area contributed by atoms with Gasteiger partial charge in [0.2, 0.25) is 5.91 Å². The summed E-state index contributed by atoms with van der Waals surface area (Å²) in [5.74, 6) is 0.0597. The molecule has 1 aromatic rings. The minimum Gasteiger partial charge on any atom is -0.364 e. The zero-order valence-corrected chi connectivity index (χ0v) is 15.1. The van der Waals surface area contributed by atoms with Crippen LogP contribution in [-0.2, 0) is 14.4 Å². The number of thiazole rings is 1. The van der Waals surface area contributed by atoms with Crippen LogP contribution in [0, 0.1) is 6.92 Å². The third kappa shape index (κ3) is 3.62. The maximum absolute atomic E-state index is 12.5. The Morgan fingerprint density at radius 2 is 2.08 bits per heavy atom. The minimum absolute atomic E-state index is 0.00278. The average molecular weight is 366 g/mol. The Bertz CT molecular complexity index is 718. The van der Waals surface area contributed by atoms with E-state index in [0.717, 1.165) is 16.3 Å². The van der Waals surface area contributed by atoms with E-state index in [1.807, 2.05) is 12.3 Å². The number of amides is 2. The van der Waals surface area contributed by atoms with E-state index >= 15 is 0 Å². The molecule has 0 saturated carbocycles. The summed E-state index contributed by atoms with van der Waals surface area (Å²) >= 11 is 2.80. The van der Waals surface area contributed by atoms with Crippen LogP contribution in [0.3, 0.4) is 0 Å². The molecule has 0 radical (unpaired) electrons. The quantitative estimate of drug-likeness (QED) is 0.844. The van der Waals surface area contributed by atoms with Crippen LogP contribution in [0.2, 0.25) is 0 Å². The summed E-state index contributed by atoms with van der Waals surface area (Å²) in [4.78, 5) is 42.0. The number of carbonyl (C=O) groups is 3. The summed E-state index contributed by atoms with van der Waals surface area (Å²) in [5.41, 5.74) is 1.65. The number of ketones is 1. The van der Waals surface area contributed by atoms with E-state index < -0.39 is 0 Å². The number of piperidine rings is 1. The van der Waals surface area contributed by atoms with Crippen molar-refractivity contribution < 1.29 is 14.4 Å². The molecule has 0 spiro atoms. The molecule has 1 atom stereocenters. The van der Waals surface area contributed by atoms with Gasteiger partial charge < -0.3 is 15.5 Å². The molecule has 1 unspecified atom stereocenters. The number of anilines is 1. The highest BCUT2D eigenvalue weighted by molar-refractivity contribution is 8.03. The van der Waals surface area contributed by atoms with Crippen LogP contribution in [0.15, 0.2) is 5.41 Å². The fourth-order valence-electron chi connectivity index (χ4n) is 2.58. The lowest BCUT2D eigenvalue weighted by atomic mass is 10.1. The fraction of sp³-hybridized carbons (Fsp3) is 0.467. The second-order valence-electron chi connectivity index (χ2n) is 5.67. The summed E-state index contributed by atoms with van der Waals surface area (Å²) in [6.07, 6.45) is 0.884. The Morgan fingerprint density at radius 3 is 2.75 bits per heavy atom. The predicted molar refractivity (Wildman–Crippen MR) is 94.5 cm³/mol. The minimum atomic E-state index is -0.376. The molecule has 2 aliphatic rings. The molecule has 1 aromatic heterocycles. The van der Waals surface area contributed by atoms with E-state index in [1.54, 1.807) is 4.90 Å². The third-order valence-corrected chi connectivity index (χ3v) is 5.86. The number of carbonyl (C=O) groups excluding carboxylic acids is 3. The highest BCUT2D eigenvalue weighted by Gasteiger charge is 2.31. The Labute approximate surface area is 147 Å². The van der Waals surface area contributed by atoms with E-state index in [4.69, 9.17) is 0 Å². The third-order valence-electron chi connectivity index (χ3n) is 3.79. The van der Waals surface area contributed by atoms with Gasteiger partial charge in [-0.3, -0.25) is 14.4 Å². The summed E-state index contributed by atoms with van der Waals surface area (Å²) in [6.45, 7) is 4.31. The van der Waals surface area contributed by atoms with Crippen molar-refractivity contribution in [1.82, 2.24) is 15.2 Å². The highest BCUT2D eigenvalue weighted by Crippen LogP contribution is 2.35. The molecule has 2 aliphatic heterocycles. The fourth-order valence-corrected chi connectivity index (χ4v) is 4.56. The molecule has 128 valence electrons. The van der Waals surface area contributed by atoms with Gasteiger partial charge in [-0.15, -0.1) is 0 Å². The number of nitrogens with zero attached hydrogens (tertiary/aromatic N) is 2. The summed E-state index contributed by atoms with van der Waals surface area (Å²) in [5, 5.41) is 7.99. The number of aromatic nitrogens is 1. The van der Waals surface area contributed by atoms with E-state index in [-0.39, 0.29) is 23.0 Å². The van der Waals surface area contributed by atoms with Gasteiger partial charge in [0, 0.05) is 32.9 Å². The molecular formula is C15H18N4O3S2. The molecule has 3 rings (SSSR count). The molecule has 0 bridgehead atoms. The standard InChI is InChI=1S/C15H18N4O3S2/c1-8-12(24-15(16-8)17-9(2)20)11-7-23-13(18-11)14(22)19-5-3-10(21)4-6-19/h7,13,18H,3-6H2,1-2H3,(H,16,17,20). The number of nitrogens with one attached hydrogen (secondary N) is 2. The Hall–Kier alpha value is -1.87. The van der Waals surface area contributed by atoms with Crippen molar-refractivity contribution in [2.75, 3.05) is 18.4 Å². The molecule has 9 heteroatoms. The molecule has 7 nitrogen and oxygen atoms in total. The monoisotopic (exact) mass is 366 g/mol. The van der Waals surface area contributed by atoms with Crippen LogP contribution in [0.25, 0.3) is 5.70 Å². The van der Waals surface area contributed by atoms with Crippen LogP contribution in [0.1, 0.15) is 30.3 Å². The van der Waals surface area contributed by atoms with Gasteiger partial charge in [0.15, 0.2) is 10.5 Å². The van der Waals surface area contributed by atoms with Crippen molar-refractivity contribution >= 4 is 51.5 Å². The van der Waals surface area contributed by atoms with Gasteiger partial charge in [-0.1, -0.05) is 23.1 Å². The number of hydrogen-bond acceptors (Lipinski definition) is 7. The molecule has 2 N–H and O–H groups in total. The largest absolute Gasteiger partial charge is 0.364 e. The van der Waals surface area contributed by atoms with Gasteiger partial charge in [0.05, 0.1) is 16.3 Å². The molecule has 1 fully saturated rings. The molecule has 0 aromatic carbocycles. The normalized spacial score (nSPS) is 20.6. The lowest BCUT2D eigenvalue weighted by molar-refractivity contribution is -0.134. The average Bonchev–Trinajstić information content (AvgIpc) is 3.13. The van der Waals surface area contributed by atoms with Gasteiger partial charge in [-0.2, -0.15) is 0 Å². The smallest absolute Gasteiger partial charge is 0.255 e. The van der Waals surface area contributed by atoms with Crippen molar-refractivity contribution in [1.29, 1.82) is 0 Å². The summed E-state index contributed by atoms with van der Waals surface area (Å²) < 4.78 is 0. The zero-order chi connectivity index (χ0) is 17.3. The number of Topliss-reactive ketones (excluding diaryl/α,β-unsaturated/α-hetero) is 1. The SMILES string of the molecule is CC(=O)Nc1nc(C)c(C2=CSC(C(=O)N3CCC(=O)CC3)N2)s1. The lowest BCUT2D eigenvalue weighted by Crippen LogP contribution is -2.46. The van der Waals surface area contributed by atoms with Gasteiger partial charge >= 0.3 is 0 Å². The highest BCUT2D eigenvalue weighted by atomic mass is 32.2. The molecule has 3 heterocycles. The second kappa shape index (κ2) is 6.94. The van der Waals surface area contributed by atoms with Crippen molar-refractivity contribution in [3.05, 3.63) is 16.0 Å². The number of aryl methyl sites for hydroxylation is 1. The van der Waals surface area contributed by atoms with Gasteiger partial charge in [-0.25, -0.2) is 4.98 Å². The molecule has 24 heavy (non-hydrogen) atoms. The summed E-state index contributed by atoms with van der Waals surface area (Å²) in [6, 6.07) is 0. The van der Waals surface area contributed by atoms with Crippen LogP contribution in [0.4, 0.5) is 5.13 Å². The lowest BCUT2D eigenvalue weighted by Gasteiger charge is -2.28. The van der Waals surface area contributed by atoms with Crippen molar-refractivity contribution in [3.8, 4) is 0 Å². The van der Waals surface area contributed by atoms with E-state index in [1.165, 1.54) is 30.0 Å². The first-order valence-electron chi connectivity index (χ1n) is 7.62. The number of rotatable bonds is 3. The van der Waals surface area contributed by atoms with E-state index in [9.17, 15) is 14.4 Å². The first-order chi connectivity index (χ1) is 11.4. The van der Waals surface area contributed by atoms with Crippen molar-refractivity contribution in [2.24, 2.45) is 0 Å². The number of thioether (sulfide) groups is 1. The van der Waals surface area contributed by atoms with E-state index in [2.05, 4.69) is 15.6 Å². The maximum atomic E-state index is 12.5. The first-order valence-corrected chi connectivity index (χ1v) is 9.38. The maximum Gasteiger partial charge on any atom is 0.255 e. The second-order valence-corrected chi connectivity index (χ2v) is 7.65. The summed E-state index contributed by atoms with van der Waals surface area (Å²) in [7, 11) is 0. The number of hydrogen-bond donors (Lipinski definition) is 2. The first kappa shape index (κ1) is 17.0. The molecular weight excluding hydrogens is 348 g/mol. The molecule has 1 saturated heterocycles. The van der Waals surface area contributed by atoms with Crippen LogP contribution >= 0.6 is 23.1 Å². The van der Waals surface area contributed by atoms with Crippen molar-refractivity contribution in [2.45, 2.75) is 32.1 Å². The Balaban J connectivity index is 1.64. The van der Waals surface area contributed by atoms with E-state index in [0.29, 0.717) is 31.1 Å². The van der Waals surface area contributed by atoms with Crippen LogP contribution < -0.4 is 10.6 Å². The van der Waals surface area contributed by atoms with Crippen molar-refractivity contribution in [3.63, 3.8) is 0 Å². The Morgan fingerprint density at radius 1 is 1.38 bits per heavy atom. The zero-order valence-electron chi connectivity index (χ0n) is 13.4. The van der Waals surface area contributed by atoms with Gasteiger partial charge in [0.25, 0.3) is 5.91 Å². The molecule has 2 amide bonds. The van der Waals surface area contributed by atoms with Crippen LogP contribution in [-0.4, -0.2) is 45.9 Å². The Kier molecular flexibility index (Phi) is 4.91.